The third kappa shape index (κ3) is 3.69. The summed E-state index contributed by atoms with van der Waals surface area (Å²) in [7, 11) is -2.97. The molecule has 1 unspecified atom stereocenters. The number of aromatic nitrogens is 4. The Hall–Kier alpha value is -2.53. The predicted molar refractivity (Wildman–Crippen MR) is 120 cm³/mol. The third-order valence-electron chi connectivity index (χ3n) is 6.22. The molecule has 5 rings (SSSR count). The number of hydrogen-bond acceptors (Lipinski definition) is 8. The maximum atomic E-state index is 13.0. The molecule has 0 radical (unpaired) electrons. The van der Waals surface area contributed by atoms with E-state index in [2.05, 4.69) is 18.7 Å². The molecule has 2 aromatic heterocycles. The van der Waals surface area contributed by atoms with Gasteiger partial charge in [-0.3, -0.25) is 9.48 Å². The Kier molecular flexibility index (Phi) is 4.97. The van der Waals surface area contributed by atoms with E-state index in [1.807, 2.05) is 41.6 Å². The van der Waals surface area contributed by atoms with Crippen LogP contribution in [0.5, 0.6) is 0 Å². The van der Waals surface area contributed by atoms with Crippen molar-refractivity contribution in [3.63, 3.8) is 0 Å². The van der Waals surface area contributed by atoms with Crippen molar-refractivity contribution in [3.05, 3.63) is 35.2 Å². The summed E-state index contributed by atoms with van der Waals surface area (Å²) >= 11 is 1.15. The van der Waals surface area contributed by atoms with Gasteiger partial charge in [0, 0.05) is 31.7 Å². The minimum atomic E-state index is -2.97. The van der Waals surface area contributed by atoms with E-state index in [-0.39, 0.29) is 23.5 Å². The van der Waals surface area contributed by atoms with Gasteiger partial charge in [0.1, 0.15) is 11.0 Å². The Balaban J connectivity index is 1.30. The smallest absolute Gasteiger partial charge is 0.254 e. The van der Waals surface area contributed by atoms with Gasteiger partial charge in [-0.25, -0.2) is 8.42 Å². The summed E-state index contributed by atoms with van der Waals surface area (Å²) in [6.07, 6.45) is 0.616. The van der Waals surface area contributed by atoms with Crippen molar-refractivity contribution in [2.45, 2.75) is 26.3 Å². The lowest BCUT2D eigenvalue weighted by atomic mass is 10.1. The zero-order valence-corrected chi connectivity index (χ0v) is 19.1. The van der Waals surface area contributed by atoms with Gasteiger partial charge in [-0.1, -0.05) is 0 Å². The molecule has 0 saturated carbocycles. The molecule has 4 heterocycles. The van der Waals surface area contributed by atoms with Crippen LogP contribution >= 0.6 is 11.7 Å². The maximum absolute atomic E-state index is 13.0. The Morgan fingerprint density at radius 2 is 1.84 bits per heavy atom. The number of nitrogens with zero attached hydrogens (tertiary/aromatic N) is 6. The van der Waals surface area contributed by atoms with E-state index in [1.165, 1.54) is 0 Å². The normalized spacial score (nSPS) is 21.2. The average molecular weight is 461 g/mol. The number of aryl methyl sites for hydroxylation is 1. The van der Waals surface area contributed by atoms with E-state index < -0.39 is 9.84 Å². The van der Waals surface area contributed by atoms with E-state index in [1.54, 1.807) is 0 Å². The van der Waals surface area contributed by atoms with Crippen molar-refractivity contribution < 1.29 is 13.2 Å². The largest absolute Gasteiger partial charge is 0.365 e. The fraction of sp³-hybridized carbons (Fsp3) is 0.500. The summed E-state index contributed by atoms with van der Waals surface area (Å²) in [5.74, 6) is 0.402. The van der Waals surface area contributed by atoms with Crippen molar-refractivity contribution in [2.75, 3.05) is 42.6 Å². The molecule has 164 valence electrons. The summed E-state index contributed by atoms with van der Waals surface area (Å²) in [6.45, 7) is 6.64. The Labute approximate surface area is 184 Å². The highest BCUT2D eigenvalue weighted by Crippen LogP contribution is 2.31. The van der Waals surface area contributed by atoms with Gasteiger partial charge < -0.3 is 9.80 Å². The first-order valence-electron chi connectivity index (χ1n) is 10.3. The highest BCUT2D eigenvalue weighted by Gasteiger charge is 2.33. The van der Waals surface area contributed by atoms with Crippen LogP contribution in [0.15, 0.2) is 18.2 Å². The molecule has 2 saturated heterocycles. The number of fused-ring (bicyclic) bond motifs is 1. The van der Waals surface area contributed by atoms with Crippen LogP contribution in [0.25, 0.3) is 11.0 Å². The van der Waals surface area contributed by atoms with Crippen LogP contribution in [-0.2, 0) is 9.84 Å². The number of hydrogen-bond donors (Lipinski definition) is 0. The summed E-state index contributed by atoms with van der Waals surface area (Å²) < 4.78 is 34.1. The highest BCUT2D eigenvalue weighted by atomic mass is 32.2. The molecular weight excluding hydrogens is 436 g/mol. The number of benzene rings is 1. The van der Waals surface area contributed by atoms with Crippen molar-refractivity contribution in [1.29, 1.82) is 0 Å². The Bertz CT molecular complexity index is 1260. The SMILES string of the molecule is Cc1nn(C2CCS(=O)(=O)C2)c(C)c1N1CCN(C(=O)c2ccc3nsnc3c2)CC1. The molecule has 3 aromatic rings. The van der Waals surface area contributed by atoms with E-state index in [0.717, 1.165) is 39.8 Å². The third-order valence-corrected chi connectivity index (χ3v) is 8.53. The minimum Gasteiger partial charge on any atom is -0.365 e. The van der Waals surface area contributed by atoms with Crippen LogP contribution in [0.2, 0.25) is 0 Å². The molecule has 1 atom stereocenters. The summed E-state index contributed by atoms with van der Waals surface area (Å²) in [4.78, 5) is 17.1. The van der Waals surface area contributed by atoms with Crippen LogP contribution in [-0.4, -0.2) is 75.4 Å². The van der Waals surface area contributed by atoms with Gasteiger partial charge in [0.25, 0.3) is 5.91 Å². The second-order valence-corrected chi connectivity index (χ2v) is 11.0. The van der Waals surface area contributed by atoms with Crippen molar-refractivity contribution in [2.24, 2.45) is 0 Å². The fourth-order valence-corrected chi connectivity index (χ4v) is 6.88. The fourth-order valence-electron chi connectivity index (χ4n) is 4.67. The van der Waals surface area contributed by atoms with Crippen molar-refractivity contribution in [1.82, 2.24) is 23.4 Å². The van der Waals surface area contributed by atoms with Gasteiger partial charge in [0.2, 0.25) is 0 Å². The number of rotatable bonds is 3. The minimum absolute atomic E-state index is 0.00912. The number of sulfone groups is 1. The van der Waals surface area contributed by atoms with E-state index >= 15 is 0 Å². The zero-order valence-electron chi connectivity index (χ0n) is 17.5. The molecule has 2 aliphatic heterocycles. The maximum Gasteiger partial charge on any atom is 0.254 e. The lowest BCUT2D eigenvalue weighted by Gasteiger charge is -2.36. The first kappa shape index (κ1) is 20.4. The van der Waals surface area contributed by atoms with E-state index in [0.29, 0.717) is 38.2 Å². The van der Waals surface area contributed by atoms with Crippen molar-refractivity contribution in [3.8, 4) is 0 Å². The summed E-state index contributed by atoms with van der Waals surface area (Å²) in [5.41, 5.74) is 5.16. The number of carbonyl (C=O) groups excluding carboxylic acids is 1. The van der Waals surface area contributed by atoms with Crippen molar-refractivity contribution >= 4 is 44.2 Å². The monoisotopic (exact) mass is 460 g/mol. The molecular formula is C20H24N6O3S2. The van der Waals surface area contributed by atoms with E-state index in [9.17, 15) is 13.2 Å². The molecule has 0 N–H and O–H groups in total. The van der Waals surface area contributed by atoms with Crippen LogP contribution in [0.4, 0.5) is 5.69 Å². The lowest BCUT2D eigenvalue weighted by Crippen LogP contribution is -2.49. The van der Waals surface area contributed by atoms with Gasteiger partial charge in [0.15, 0.2) is 9.84 Å². The molecule has 9 nitrogen and oxygen atoms in total. The first-order valence-corrected chi connectivity index (χ1v) is 12.9. The molecule has 0 bridgehead atoms. The van der Waals surface area contributed by atoms with Crippen LogP contribution < -0.4 is 4.90 Å². The number of amides is 1. The van der Waals surface area contributed by atoms with Gasteiger partial charge in [0.05, 0.1) is 46.4 Å². The quantitative estimate of drug-likeness (QED) is 0.588. The van der Waals surface area contributed by atoms with Crippen LogP contribution in [0, 0.1) is 13.8 Å². The van der Waals surface area contributed by atoms with Crippen LogP contribution in [0.3, 0.4) is 0 Å². The lowest BCUT2D eigenvalue weighted by molar-refractivity contribution is 0.0747. The molecule has 1 aromatic carbocycles. The Morgan fingerprint density at radius 3 is 2.55 bits per heavy atom. The predicted octanol–water partition coefficient (Wildman–Crippen LogP) is 1.83. The first-order chi connectivity index (χ1) is 14.8. The molecule has 1 amide bonds. The standard InChI is InChI=1S/C20H24N6O3S2/c1-13-19(14(2)26(21-13)16-5-10-31(28,29)12-16)24-6-8-25(9-7-24)20(27)15-3-4-17-18(11-15)23-30-22-17/h3-4,11,16H,5-10,12H2,1-2H3. The van der Waals surface area contributed by atoms with E-state index in [4.69, 9.17) is 0 Å². The molecule has 2 aliphatic rings. The molecule has 0 aliphatic carbocycles. The molecule has 11 heteroatoms. The number of piperazine rings is 1. The van der Waals surface area contributed by atoms with Gasteiger partial charge in [-0.05, 0) is 38.5 Å². The summed E-state index contributed by atoms with van der Waals surface area (Å²) in [5, 5.41) is 4.68. The zero-order chi connectivity index (χ0) is 21.8. The van der Waals surface area contributed by atoms with Crippen LogP contribution in [0.1, 0.15) is 34.2 Å². The highest BCUT2D eigenvalue weighted by molar-refractivity contribution is 7.91. The van der Waals surface area contributed by atoms with Gasteiger partial charge in [-0.15, -0.1) is 0 Å². The average Bonchev–Trinajstić information content (AvgIpc) is 3.44. The second kappa shape index (κ2) is 7.56. The molecule has 0 spiro atoms. The second-order valence-electron chi connectivity index (χ2n) is 8.27. The summed E-state index contributed by atoms with van der Waals surface area (Å²) in [6, 6.07) is 5.37. The number of anilines is 1. The van der Waals surface area contributed by atoms with Gasteiger partial charge in [-0.2, -0.15) is 13.8 Å². The molecule has 31 heavy (non-hydrogen) atoms. The molecule has 2 fully saturated rings. The Morgan fingerprint density at radius 1 is 1.10 bits per heavy atom. The topological polar surface area (TPSA) is 101 Å². The number of carbonyl (C=O) groups is 1. The van der Waals surface area contributed by atoms with Gasteiger partial charge >= 0.3 is 0 Å².